The summed E-state index contributed by atoms with van der Waals surface area (Å²) in [5, 5.41) is 11.5. The molecule has 0 radical (unpaired) electrons. The quantitative estimate of drug-likeness (QED) is 0.102. The molecule has 0 fully saturated rings. The van der Waals surface area contributed by atoms with Gasteiger partial charge in [0.1, 0.15) is 5.84 Å². The smallest absolute Gasteiger partial charge is 0.154 e. The first-order valence-electron chi connectivity index (χ1n) is 16.5. The van der Waals surface area contributed by atoms with Crippen LogP contribution in [-0.4, -0.2) is 29.7 Å². The van der Waals surface area contributed by atoms with Crippen molar-refractivity contribution in [2.24, 2.45) is 4.99 Å². The second-order valence-corrected chi connectivity index (χ2v) is 12.5. The topological polar surface area (TPSA) is 39.5 Å². The molecule has 0 heterocycles. The van der Waals surface area contributed by atoms with E-state index in [2.05, 4.69) is 147 Å². The van der Waals surface area contributed by atoms with E-state index < -0.39 is 5.41 Å². The van der Waals surface area contributed by atoms with Crippen LogP contribution in [-0.2, 0) is 5.41 Å². The molecular weight excluding hydrogens is 583 g/mol. The van der Waals surface area contributed by atoms with Crippen LogP contribution in [0.2, 0.25) is 0 Å². The highest BCUT2D eigenvalue weighted by atomic mass is 15.2. The lowest BCUT2D eigenvalue weighted by molar-refractivity contribution is 0.394. The van der Waals surface area contributed by atoms with Crippen LogP contribution in [0, 0.1) is 5.41 Å². The summed E-state index contributed by atoms with van der Waals surface area (Å²) in [7, 11) is 2.08. The number of nitrogens with zero attached hydrogens (tertiary/aromatic N) is 2. The molecule has 0 aliphatic heterocycles. The van der Waals surface area contributed by atoms with E-state index >= 15 is 0 Å². The van der Waals surface area contributed by atoms with Gasteiger partial charge in [-0.2, -0.15) is 0 Å². The van der Waals surface area contributed by atoms with Gasteiger partial charge in [-0.1, -0.05) is 152 Å². The van der Waals surface area contributed by atoms with Gasteiger partial charge in [0.05, 0.1) is 5.41 Å². The Kier molecular flexibility index (Phi) is 8.44. The number of allylic oxidation sites excluding steroid dienone is 2. The van der Waals surface area contributed by atoms with Crippen molar-refractivity contribution < 1.29 is 0 Å². The fraction of sp³-hybridized carbons (Fsp3) is 0.111. The van der Waals surface area contributed by atoms with E-state index in [0.717, 1.165) is 23.4 Å². The minimum Gasteiger partial charge on any atom is -0.356 e. The van der Waals surface area contributed by atoms with E-state index in [1.54, 1.807) is 6.08 Å². The molecule has 3 heteroatoms. The van der Waals surface area contributed by atoms with Gasteiger partial charge in [-0.15, -0.1) is 0 Å². The maximum Gasteiger partial charge on any atom is 0.154 e. The Morgan fingerprint density at radius 3 is 1.90 bits per heavy atom. The molecule has 1 aliphatic rings. The van der Waals surface area contributed by atoms with Gasteiger partial charge in [0.25, 0.3) is 0 Å². The van der Waals surface area contributed by atoms with Gasteiger partial charge in [0.2, 0.25) is 0 Å². The fourth-order valence-corrected chi connectivity index (χ4v) is 7.17. The number of hydrogen-bond donors (Lipinski definition) is 1. The first-order valence-corrected chi connectivity index (χ1v) is 16.5. The van der Waals surface area contributed by atoms with Crippen molar-refractivity contribution in [3.63, 3.8) is 0 Å². The number of nitrogens with one attached hydrogen (secondary N) is 1. The summed E-state index contributed by atoms with van der Waals surface area (Å²) in [5.41, 5.74) is 8.66. The van der Waals surface area contributed by atoms with Crippen LogP contribution in [0.5, 0.6) is 0 Å². The van der Waals surface area contributed by atoms with Crippen LogP contribution >= 0.6 is 0 Å². The van der Waals surface area contributed by atoms with Crippen LogP contribution < -0.4 is 0 Å². The van der Waals surface area contributed by atoms with Gasteiger partial charge in [-0.3, -0.25) is 5.41 Å². The molecule has 6 aromatic carbocycles. The van der Waals surface area contributed by atoms with Crippen molar-refractivity contribution in [1.82, 2.24) is 4.90 Å². The standard InChI is InChI=1S/C45H39N3/c1-4-5-9-18-32(2)48(3)44(47-43(46)33-19-10-6-11-20-33)36-27-28-41-39(30-36)40-29-34-21-16-17-22-35(34)31-42(40)45(41,37-23-12-7-13-24-37)38-25-14-8-15-26-38/h4-17,19-32,46H,1,18H2,2-3H3/b9-5-,46-43?,47-44?. The zero-order chi connectivity index (χ0) is 33.1. The molecule has 7 rings (SSSR count). The summed E-state index contributed by atoms with van der Waals surface area (Å²) < 4.78 is 0. The van der Waals surface area contributed by atoms with Crippen molar-refractivity contribution in [3.05, 3.63) is 204 Å². The summed E-state index contributed by atoms with van der Waals surface area (Å²) in [5.74, 6) is 1.01. The van der Waals surface area contributed by atoms with Gasteiger partial charge in [0, 0.05) is 24.2 Å². The monoisotopic (exact) mass is 621 g/mol. The lowest BCUT2D eigenvalue weighted by Gasteiger charge is -2.34. The maximum absolute atomic E-state index is 9.02. The molecule has 0 saturated heterocycles. The summed E-state index contributed by atoms with van der Waals surface area (Å²) in [6.07, 6.45) is 6.74. The highest BCUT2D eigenvalue weighted by Crippen LogP contribution is 2.57. The summed E-state index contributed by atoms with van der Waals surface area (Å²) in [6, 6.07) is 51.9. The second kappa shape index (κ2) is 13.1. The predicted molar refractivity (Wildman–Crippen MR) is 202 cm³/mol. The molecule has 0 saturated carbocycles. The van der Waals surface area contributed by atoms with Crippen LogP contribution in [0.15, 0.2) is 175 Å². The highest BCUT2D eigenvalue weighted by molar-refractivity contribution is 6.11. The minimum absolute atomic E-state index is 0.140. The Labute approximate surface area is 283 Å². The van der Waals surface area contributed by atoms with Crippen LogP contribution in [0.3, 0.4) is 0 Å². The molecule has 1 atom stereocenters. The molecular formula is C45H39N3. The predicted octanol–water partition coefficient (Wildman–Crippen LogP) is 10.4. The molecule has 0 aromatic heterocycles. The van der Waals surface area contributed by atoms with E-state index in [9.17, 15) is 0 Å². The summed E-state index contributed by atoms with van der Waals surface area (Å²) in [6.45, 7) is 6.03. The number of hydrogen-bond acceptors (Lipinski definition) is 1. The molecule has 48 heavy (non-hydrogen) atoms. The van der Waals surface area contributed by atoms with Gasteiger partial charge in [0.15, 0.2) is 5.84 Å². The van der Waals surface area contributed by atoms with Gasteiger partial charge >= 0.3 is 0 Å². The van der Waals surface area contributed by atoms with Crippen molar-refractivity contribution in [2.45, 2.75) is 24.8 Å². The van der Waals surface area contributed by atoms with Crippen molar-refractivity contribution in [3.8, 4) is 11.1 Å². The number of benzene rings is 6. The maximum atomic E-state index is 9.02. The second-order valence-electron chi connectivity index (χ2n) is 12.5. The van der Waals surface area contributed by atoms with Gasteiger partial charge in [-0.05, 0) is 75.7 Å². The highest BCUT2D eigenvalue weighted by Gasteiger charge is 2.46. The van der Waals surface area contributed by atoms with E-state index in [4.69, 9.17) is 10.4 Å². The summed E-state index contributed by atoms with van der Waals surface area (Å²) in [4.78, 5) is 7.23. The van der Waals surface area contributed by atoms with Gasteiger partial charge < -0.3 is 4.90 Å². The Hall–Kier alpha value is -5.80. The molecule has 1 aliphatic carbocycles. The minimum atomic E-state index is -0.502. The third-order valence-electron chi connectivity index (χ3n) is 9.68. The Morgan fingerprint density at radius 1 is 0.708 bits per heavy atom. The summed E-state index contributed by atoms with van der Waals surface area (Å²) >= 11 is 0. The Bertz CT molecular complexity index is 2120. The van der Waals surface area contributed by atoms with E-state index in [1.165, 1.54) is 44.2 Å². The SMILES string of the molecule is C=C/C=C\CC(C)N(C)C(=NC(=N)c1ccccc1)c1ccc2c(c1)-c1cc3ccccc3cc1C2(c1ccccc1)c1ccccc1. The molecule has 6 aromatic rings. The van der Waals surface area contributed by atoms with E-state index in [1.807, 2.05) is 36.4 Å². The Balaban J connectivity index is 1.49. The van der Waals surface area contributed by atoms with Crippen LogP contribution in [0.25, 0.3) is 21.9 Å². The normalized spacial score (nSPS) is 14.0. The lowest BCUT2D eigenvalue weighted by atomic mass is 9.67. The van der Waals surface area contributed by atoms with Crippen LogP contribution in [0.4, 0.5) is 0 Å². The van der Waals surface area contributed by atoms with E-state index in [-0.39, 0.29) is 11.9 Å². The number of amidine groups is 2. The van der Waals surface area contributed by atoms with Gasteiger partial charge in [-0.25, -0.2) is 4.99 Å². The number of rotatable bonds is 8. The molecule has 0 spiro atoms. The third kappa shape index (κ3) is 5.38. The lowest BCUT2D eigenvalue weighted by Crippen LogP contribution is -2.36. The zero-order valence-electron chi connectivity index (χ0n) is 27.5. The molecule has 1 unspecified atom stereocenters. The largest absolute Gasteiger partial charge is 0.356 e. The molecule has 1 N–H and O–H groups in total. The first-order chi connectivity index (χ1) is 23.5. The average molecular weight is 622 g/mol. The molecule has 3 nitrogen and oxygen atoms in total. The molecule has 0 bridgehead atoms. The average Bonchev–Trinajstić information content (AvgIpc) is 3.42. The van der Waals surface area contributed by atoms with E-state index in [0.29, 0.717) is 0 Å². The first kappa shape index (κ1) is 30.8. The van der Waals surface area contributed by atoms with Crippen molar-refractivity contribution in [1.29, 1.82) is 5.41 Å². The van der Waals surface area contributed by atoms with Crippen LogP contribution in [0.1, 0.15) is 46.7 Å². The molecule has 0 amide bonds. The Morgan fingerprint density at radius 2 is 1.27 bits per heavy atom. The number of aliphatic imine (C=N–C) groups is 1. The zero-order valence-corrected chi connectivity index (χ0v) is 27.5. The van der Waals surface area contributed by atoms with Crippen molar-refractivity contribution in [2.75, 3.05) is 7.05 Å². The fourth-order valence-electron chi connectivity index (χ4n) is 7.17. The third-order valence-corrected chi connectivity index (χ3v) is 9.68. The number of fused-ring (bicyclic) bond motifs is 4. The molecule has 234 valence electrons. The van der Waals surface area contributed by atoms with Crippen molar-refractivity contribution >= 4 is 22.4 Å².